The molecule has 1 fully saturated rings. The first-order chi connectivity index (χ1) is 9.70. The van der Waals surface area contributed by atoms with Gasteiger partial charge in [0, 0.05) is 18.3 Å². The number of ether oxygens (including phenoxy) is 2. The molecule has 0 saturated carbocycles. The molecule has 1 unspecified atom stereocenters. The second kappa shape index (κ2) is 5.20. The van der Waals surface area contributed by atoms with E-state index >= 15 is 0 Å². The Morgan fingerprint density at radius 3 is 2.85 bits per heavy atom. The average molecular weight is 278 g/mol. The molecule has 2 heterocycles. The van der Waals surface area contributed by atoms with Crippen LogP contribution in [-0.4, -0.2) is 41.9 Å². The van der Waals surface area contributed by atoms with Crippen LogP contribution in [0.5, 0.6) is 11.5 Å². The lowest BCUT2D eigenvalue weighted by molar-refractivity contribution is 0.0503. The Morgan fingerprint density at radius 1 is 1.35 bits per heavy atom. The van der Waals surface area contributed by atoms with Crippen LogP contribution in [0.2, 0.25) is 0 Å². The number of carbonyl (C=O) groups excluding carboxylic acids is 1. The number of hydrogen-bond acceptors (Lipinski definition) is 5. The first-order valence-corrected chi connectivity index (χ1v) is 6.81. The van der Waals surface area contributed by atoms with Crippen molar-refractivity contribution in [2.24, 2.45) is 0 Å². The van der Waals surface area contributed by atoms with E-state index in [1.165, 1.54) is 0 Å². The summed E-state index contributed by atoms with van der Waals surface area (Å²) in [6, 6.07) is 3.12. The molecule has 2 aliphatic heterocycles. The number of nitrogen functional groups attached to an aromatic ring is 1. The van der Waals surface area contributed by atoms with Crippen molar-refractivity contribution in [3.05, 3.63) is 17.7 Å². The summed E-state index contributed by atoms with van der Waals surface area (Å²) >= 11 is 0. The van der Waals surface area contributed by atoms with E-state index in [-0.39, 0.29) is 25.3 Å². The number of amides is 1. The third-order valence-corrected chi connectivity index (χ3v) is 3.87. The lowest BCUT2D eigenvalue weighted by Crippen LogP contribution is -2.45. The Hall–Kier alpha value is -1.95. The molecule has 0 aromatic heterocycles. The lowest BCUT2D eigenvalue weighted by Gasteiger charge is -2.34. The van der Waals surface area contributed by atoms with Crippen molar-refractivity contribution in [3.8, 4) is 11.5 Å². The van der Waals surface area contributed by atoms with Crippen LogP contribution in [0.15, 0.2) is 12.1 Å². The summed E-state index contributed by atoms with van der Waals surface area (Å²) in [6.45, 7) is 0.781. The summed E-state index contributed by atoms with van der Waals surface area (Å²) in [5.74, 6) is 0.955. The Balaban J connectivity index is 1.90. The predicted molar refractivity (Wildman–Crippen MR) is 72.7 cm³/mol. The van der Waals surface area contributed by atoms with Gasteiger partial charge in [0.2, 0.25) is 6.79 Å². The molecule has 108 valence electrons. The van der Waals surface area contributed by atoms with Gasteiger partial charge in [-0.25, -0.2) is 0 Å². The molecule has 20 heavy (non-hydrogen) atoms. The summed E-state index contributed by atoms with van der Waals surface area (Å²) in [7, 11) is 0. The number of benzene rings is 1. The van der Waals surface area contributed by atoms with Crippen molar-refractivity contribution < 1.29 is 19.4 Å². The quantitative estimate of drug-likeness (QED) is 0.788. The molecular weight excluding hydrogens is 260 g/mol. The largest absolute Gasteiger partial charge is 0.454 e. The second-order valence-corrected chi connectivity index (χ2v) is 5.12. The molecule has 1 aromatic carbocycles. The fourth-order valence-electron chi connectivity index (χ4n) is 2.76. The second-order valence-electron chi connectivity index (χ2n) is 5.12. The summed E-state index contributed by atoms with van der Waals surface area (Å²) in [4.78, 5) is 14.3. The number of nitrogens with zero attached hydrogens (tertiary/aromatic N) is 1. The Bertz CT molecular complexity index is 532. The normalized spacial score (nSPS) is 21.1. The smallest absolute Gasteiger partial charge is 0.256 e. The molecule has 3 N–H and O–H groups in total. The van der Waals surface area contributed by atoms with Gasteiger partial charge in [-0.05, 0) is 25.3 Å². The molecule has 1 aromatic rings. The summed E-state index contributed by atoms with van der Waals surface area (Å²) in [5, 5.41) is 9.41. The number of nitrogens with two attached hydrogens (primary N) is 1. The monoisotopic (exact) mass is 278 g/mol. The number of hydrogen-bond donors (Lipinski definition) is 2. The first-order valence-electron chi connectivity index (χ1n) is 6.81. The van der Waals surface area contributed by atoms with Gasteiger partial charge in [-0.3, -0.25) is 4.79 Å². The maximum Gasteiger partial charge on any atom is 0.256 e. The lowest BCUT2D eigenvalue weighted by atomic mass is 10.0. The average Bonchev–Trinajstić information content (AvgIpc) is 2.92. The molecule has 0 spiro atoms. The standard InChI is InChI=1S/C14H18N2O4/c15-11-6-13-12(19-8-20-13)5-10(11)14(18)16-4-2-1-3-9(16)7-17/h5-6,9,17H,1-4,7-8,15H2. The fraction of sp³-hybridized carbons (Fsp3) is 0.500. The third-order valence-electron chi connectivity index (χ3n) is 3.87. The Kier molecular flexibility index (Phi) is 3.40. The summed E-state index contributed by atoms with van der Waals surface area (Å²) < 4.78 is 10.5. The van der Waals surface area contributed by atoms with Crippen molar-refractivity contribution in [3.63, 3.8) is 0 Å². The summed E-state index contributed by atoms with van der Waals surface area (Å²) in [6.07, 6.45) is 2.81. The SMILES string of the molecule is Nc1cc2c(cc1C(=O)N1CCCCC1CO)OCO2. The van der Waals surface area contributed by atoms with Crippen molar-refractivity contribution in [1.29, 1.82) is 0 Å². The van der Waals surface area contributed by atoms with Crippen LogP contribution in [0, 0.1) is 0 Å². The van der Waals surface area contributed by atoms with Crippen molar-refractivity contribution in [2.75, 3.05) is 25.7 Å². The van der Waals surface area contributed by atoms with Crippen LogP contribution in [0.4, 0.5) is 5.69 Å². The molecule has 0 radical (unpaired) electrons. The molecule has 6 nitrogen and oxygen atoms in total. The molecule has 6 heteroatoms. The minimum atomic E-state index is -0.153. The summed E-state index contributed by atoms with van der Waals surface area (Å²) in [5.41, 5.74) is 6.73. The minimum absolute atomic E-state index is 0.0177. The van der Waals surface area contributed by atoms with Crippen LogP contribution in [0.25, 0.3) is 0 Å². The van der Waals surface area contributed by atoms with Crippen LogP contribution in [0.1, 0.15) is 29.6 Å². The number of aliphatic hydroxyl groups is 1. The Labute approximate surface area is 117 Å². The highest BCUT2D eigenvalue weighted by Gasteiger charge is 2.29. The number of likely N-dealkylation sites (tertiary alicyclic amines) is 1. The van der Waals surface area contributed by atoms with E-state index in [0.29, 0.717) is 29.3 Å². The molecule has 0 bridgehead atoms. The van der Waals surface area contributed by atoms with Crippen LogP contribution >= 0.6 is 0 Å². The van der Waals surface area contributed by atoms with Crippen molar-refractivity contribution in [1.82, 2.24) is 4.90 Å². The number of carbonyl (C=O) groups is 1. The number of rotatable bonds is 2. The first kappa shape index (κ1) is 13.1. The van der Waals surface area contributed by atoms with E-state index in [0.717, 1.165) is 19.3 Å². The van der Waals surface area contributed by atoms with Gasteiger partial charge in [-0.2, -0.15) is 0 Å². The van der Waals surface area contributed by atoms with Gasteiger partial charge in [0.25, 0.3) is 5.91 Å². The van der Waals surface area contributed by atoms with Gasteiger partial charge in [0.1, 0.15) is 0 Å². The third kappa shape index (κ3) is 2.16. The maximum absolute atomic E-state index is 12.6. The minimum Gasteiger partial charge on any atom is -0.454 e. The number of anilines is 1. The maximum atomic E-state index is 12.6. The molecule has 2 aliphatic rings. The predicted octanol–water partition coefficient (Wildman–Crippen LogP) is 0.984. The van der Waals surface area contributed by atoms with Crippen molar-refractivity contribution in [2.45, 2.75) is 25.3 Å². The fourth-order valence-corrected chi connectivity index (χ4v) is 2.76. The van der Waals surface area contributed by atoms with E-state index in [4.69, 9.17) is 15.2 Å². The Morgan fingerprint density at radius 2 is 2.10 bits per heavy atom. The van der Waals surface area contributed by atoms with Gasteiger partial charge in [0.15, 0.2) is 11.5 Å². The van der Waals surface area contributed by atoms with E-state index in [1.807, 2.05) is 0 Å². The highest BCUT2D eigenvalue weighted by molar-refractivity contribution is 6.00. The zero-order chi connectivity index (χ0) is 14.1. The zero-order valence-corrected chi connectivity index (χ0v) is 11.2. The van der Waals surface area contributed by atoms with Crippen LogP contribution < -0.4 is 15.2 Å². The topological polar surface area (TPSA) is 85.0 Å². The van der Waals surface area contributed by atoms with Crippen LogP contribution in [0.3, 0.4) is 0 Å². The van der Waals surface area contributed by atoms with Crippen molar-refractivity contribution >= 4 is 11.6 Å². The molecule has 0 aliphatic carbocycles. The number of aliphatic hydroxyl groups excluding tert-OH is 1. The number of piperidine rings is 1. The molecule has 1 amide bonds. The van der Waals surface area contributed by atoms with Gasteiger partial charge >= 0.3 is 0 Å². The molecule has 3 rings (SSSR count). The highest BCUT2D eigenvalue weighted by Crippen LogP contribution is 2.36. The van der Waals surface area contributed by atoms with E-state index in [1.54, 1.807) is 17.0 Å². The van der Waals surface area contributed by atoms with E-state index < -0.39 is 0 Å². The molecule has 1 atom stereocenters. The molecule has 1 saturated heterocycles. The van der Waals surface area contributed by atoms with Gasteiger partial charge in [-0.1, -0.05) is 0 Å². The van der Waals surface area contributed by atoms with Gasteiger partial charge in [-0.15, -0.1) is 0 Å². The number of fused-ring (bicyclic) bond motifs is 1. The molecular formula is C14H18N2O4. The van der Waals surface area contributed by atoms with E-state index in [9.17, 15) is 9.90 Å². The highest BCUT2D eigenvalue weighted by atomic mass is 16.7. The van der Waals surface area contributed by atoms with Gasteiger partial charge < -0.3 is 25.2 Å². The zero-order valence-electron chi connectivity index (χ0n) is 11.2. The van der Waals surface area contributed by atoms with Crippen LogP contribution in [-0.2, 0) is 0 Å². The van der Waals surface area contributed by atoms with E-state index in [2.05, 4.69) is 0 Å². The van der Waals surface area contributed by atoms with Gasteiger partial charge in [0.05, 0.1) is 18.2 Å².